The molecule has 146 valence electrons. The van der Waals surface area contributed by atoms with E-state index in [0.29, 0.717) is 24.8 Å². The third-order valence-corrected chi connectivity index (χ3v) is 5.69. The van der Waals surface area contributed by atoms with Crippen molar-refractivity contribution in [1.82, 2.24) is 0 Å². The Morgan fingerprint density at radius 1 is 1.33 bits per heavy atom. The maximum absolute atomic E-state index is 12.0. The van der Waals surface area contributed by atoms with Crippen LogP contribution >= 0.6 is 0 Å². The quantitative estimate of drug-likeness (QED) is 0.393. The highest BCUT2D eigenvalue weighted by atomic mass is 16.6. The number of hydrogen-bond acceptors (Lipinski definition) is 5. The van der Waals surface area contributed by atoms with Gasteiger partial charge in [0, 0.05) is 24.8 Å². The van der Waals surface area contributed by atoms with Gasteiger partial charge in [0.1, 0.15) is 23.6 Å². The van der Waals surface area contributed by atoms with Crippen LogP contribution in [0.4, 0.5) is 0 Å². The summed E-state index contributed by atoms with van der Waals surface area (Å²) in [6, 6.07) is 0. The van der Waals surface area contributed by atoms with Crippen molar-refractivity contribution in [2.75, 3.05) is 0 Å². The van der Waals surface area contributed by atoms with E-state index in [1.165, 1.54) is 6.92 Å². The van der Waals surface area contributed by atoms with E-state index in [1.807, 2.05) is 26.8 Å². The lowest BCUT2D eigenvalue weighted by atomic mass is 9.89. The minimum Gasteiger partial charge on any atom is -0.483 e. The highest BCUT2D eigenvalue weighted by molar-refractivity contribution is 5.91. The smallest absolute Gasteiger partial charge is 0.334 e. The van der Waals surface area contributed by atoms with Gasteiger partial charge in [-0.25, -0.2) is 4.79 Å². The van der Waals surface area contributed by atoms with E-state index >= 15 is 0 Å². The molecule has 5 nitrogen and oxygen atoms in total. The molecule has 3 heterocycles. The number of esters is 2. The van der Waals surface area contributed by atoms with Crippen molar-refractivity contribution in [2.45, 2.75) is 71.2 Å². The average molecular weight is 372 g/mol. The number of rotatable bonds is 1. The van der Waals surface area contributed by atoms with Gasteiger partial charge in [-0.15, -0.1) is 0 Å². The summed E-state index contributed by atoms with van der Waals surface area (Å²) < 4.78 is 17.4. The summed E-state index contributed by atoms with van der Waals surface area (Å²) in [5.41, 5.74) is 2.05. The second-order valence-electron chi connectivity index (χ2n) is 7.96. The Kier molecular flexibility index (Phi) is 5.31. The van der Waals surface area contributed by atoms with Crippen LogP contribution in [0.3, 0.4) is 0 Å². The summed E-state index contributed by atoms with van der Waals surface area (Å²) in [7, 11) is 0. The largest absolute Gasteiger partial charge is 0.483 e. The molecule has 1 unspecified atom stereocenters. The van der Waals surface area contributed by atoms with Crippen molar-refractivity contribution in [1.29, 1.82) is 0 Å². The van der Waals surface area contributed by atoms with Gasteiger partial charge >= 0.3 is 11.9 Å². The molecule has 5 heteroatoms. The number of carbonyl (C=O) groups is 2. The Hall–Kier alpha value is -2.30. The lowest BCUT2D eigenvalue weighted by molar-refractivity contribution is -0.161. The van der Waals surface area contributed by atoms with Gasteiger partial charge in [-0.3, -0.25) is 4.79 Å². The fourth-order valence-corrected chi connectivity index (χ4v) is 3.94. The maximum Gasteiger partial charge on any atom is 0.334 e. The Labute approximate surface area is 160 Å². The molecule has 1 fully saturated rings. The van der Waals surface area contributed by atoms with Crippen LogP contribution in [0.5, 0.6) is 0 Å². The molecule has 3 rings (SSSR count). The second kappa shape index (κ2) is 7.37. The Bertz CT molecular complexity index is 757. The number of allylic oxidation sites excluding steroid dienone is 3. The summed E-state index contributed by atoms with van der Waals surface area (Å²) in [5, 5.41) is 0. The zero-order valence-electron chi connectivity index (χ0n) is 16.5. The van der Waals surface area contributed by atoms with Gasteiger partial charge in [0.2, 0.25) is 0 Å². The van der Waals surface area contributed by atoms with Crippen molar-refractivity contribution >= 4 is 11.9 Å². The highest BCUT2D eigenvalue weighted by Gasteiger charge is 2.43. The van der Waals surface area contributed by atoms with E-state index < -0.39 is 5.60 Å². The Balaban J connectivity index is 1.94. The first-order chi connectivity index (χ1) is 12.7. The van der Waals surface area contributed by atoms with Gasteiger partial charge in [-0.2, -0.15) is 0 Å². The number of carbonyl (C=O) groups excluding carboxylic acids is 2. The molecule has 0 aromatic heterocycles. The normalized spacial score (nSPS) is 37.8. The average Bonchev–Trinajstić information content (AvgIpc) is 3.11. The second-order valence-corrected chi connectivity index (χ2v) is 7.96. The van der Waals surface area contributed by atoms with Gasteiger partial charge in [0.05, 0.1) is 0 Å². The summed E-state index contributed by atoms with van der Waals surface area (Å²) in [6.07, 6.45) is 8.21. The summed E-state index contributed by atoms with van der Waals surface area (Å²) >= 11 is 0. The molecule has 4 atom stereocenters. The first kappa shape index (κ1) is 19.5. The Morgan fingerprint density at radius 3 is 2.78 bits per heavy atom. The number of ether oxygens (including phenoxy) is 3. The van der Waals surface area contributed by atoms with E-state index in [1.54, 1.807) is 0 Å². The van der Waals surface area contributed by atoms with Crippen LogP contribution in [0.2, 0.25) is 0 Å². The molecular weight excluding hydrogens is 344 g/mol. The predicted molar refractivity (Wildman–Crippen MR) is 102 cm³/mol. The van der Waals surface area contributed by atoms with Gasteiger partial charge in [-0.05, 0) is 57.8 Å². The minimum absolute atomic E-state index is 0.0687. The Morgan fingerprint density at radius 2 is 2.07 bits per heavy atom. The van der Waals surface area contributed by atoms with Gasteiger partial charge in [-0.1, -0.05) is 18.2 Å². The summed E-state index contributed by atoms with van der Waals surface area (Å²) in [6.45, 7) is 11.4. The molecule has 0 spiro atoms. The summed E-state index contributed by atoms with van der Waals surface area (Å²) in [5.74, 6) is 0.109. The van der Waals surface area contributed by atoms with E-state index in [4.69, 9.17) is 14.2 Å². The van der Waals surface area contributed by atoms with E-state index in [9.17, 15) is 9.59 Å². The fraction of sp³-hybridized carbons (Fsp3) is 0.545. The molecule has 2 bridgehead atoms. The molecule has 0 aromatic rings. The van der Waals surface area contributed by atoms with Crippen molar-refractivity contribution < 1.29 is 23.8 Å². The molecule has 27 heavy (non-hydrogen) atoms. The van der Waals surface area contributed by atoms with Gasteiger partial charge in [0.15, 0.2) is 0 Å². The van der Waals surface area contributed by atoms with Crippen LogP contribution in [0.25, 0.3) is 0 Å². The number of hydrogen-bond donors (Lipinski definition) is 0. The molecule has 3 aliphatic rings. The molecule has 0 N–H and O–H groups in total. The van der Waals surface area contributed by atoms with Gasteiger partial charge in [0.25, 0.3) is 0 Å². The zero-order valence-corrected chi connectivity index (χ0v) is 16.5. The highest BCUT2D eigenvalue weighted by Crippen LogP contribution is 2.39. The van der Waals surface area contributed by atoms with Crippen LogP contribution < -0.4 is 0 Å². The molecule has 0 aliphatic carbocycles. The third-order valence-electron chi connectivity index (χ3n) is 5.69. The SMILES string of the molecule is C=C1C(=O)O[C@H]2/C=C(\C)CC[C@H](OC(C)=O)C3(C)CC=C(O3)/C(C)=C\C[C@@H]12. The zero-order chi connectivity index (χ0) is 19.8. The van der Waals surface area contributed by atoms with Crippen LogP contribution in [-0.4, -0.2) is 29.7 Å². The topological polar surface area (TPSA) is 61.8 Å². The lowest BCUT2D eigenvalue weighted by Crippen LogP contribution is -2.42. The maximum atomic E-state index is 12.0. The lowest BCUT2D eigenvalue weighted by Gasteiger charge is -2.34. The first-order valence-electron chi connectivity index (χ1n) is 9.50. The van der Waals surface area contributed by atoms with Gasteiger partial charge < -0.3 is 14.2 Å². The first-order valence-corrected chi connectivity index (χ1v) is 9.50. The minimum atomic E-state index is -0.573. The molecule has 1 saturated heterocycles. The standard InChI is InChI=1S/C22H28O5/c1-13-6-9-20(25-16(4)23)22(5)11-10-18(27-22)14(2)7-8-17-15(3)21(24)26-19(17)12-13/h7,10,12,17,19-20H,3,6,8-9,11H2,1-2,4-5H3/b13-12+,14-7-/t17-,19-,20-,22?/m0/s1. The monoisotopic (exact) mass is 372 g/mol. The third kappa shape index (κ3) is 4.02. The molecular formula is C22H28O5. The molecule has 0 radical (unpaired) electrons. The molecule has 3 aliphatic heterocycles. The van der Waals surface area contributed by atoms with E-state index in [-0.39, 0.29) is 30.1 Å². The summed E-state index contributed by atoms with van der Waals surface area (Å²) in [4.78, 5) is 23.6. The molecule has 0 aromatic carbocycles. The van der Waals surface area contributed by atoms with Crippen molar-refractivity contribution in [3.63, 3.8) is 0 Å². The van der Waals surface area contributed by atoms with Crippen molar-refractivity contribution in [3.8, 4) is 0 Å². The van der Waals surface area contributed by atoms with Crippen LogP contribution in [0.15, 0.2) is 47.3 Å². The van der Waals surface area contributed by atoms with Crippen LogP contribution in [0.1, 0.15) is 53.4 Å². The van der Waals surface area contributed by atoms with Crippen molar-refractivity contribution in [3.05, 3.63) is 47.3 Å². The molecule has 0 saturated carbocycles. The predicted octanol–water partition coefficient (Wildman–Crippen LogP) is 4.16. The van der Waals surface area contributed by atoms with Crippen molar-refractivity contribution in [2.24, 2.45) is 5.92 Å². The molecule has 0 amide bonds. The van der Waals surface area contributed by atoms with Crippen LogP contribution in [-0.2, 0) is 23.8 Å². The number of fused-ring (bicyclic) bond motifs is 3. The van der Waals surface area contributed by atoms with E-state index in [2.05, 4.69) is 18.7 Å². The fourth-order valence-electron chi connectivity index (χ4n) is 3.94. The van der Waals surface area contributed by atoms with Crippen LogP contribution in [0, 0.1) is 5.92 Å². The van der Waals surface area contributed by atoms with E-state index in [0.717, 1.165) is 23.3 Å².